The summed E-state index contributed by atoms with van der Waals surface area (Å²) in [6, 6.07) is 3.50. The number of carbonyl (C=O) groups excluding carboxylic acids is 1. The molecule has 0 saturated carbocycles. The van der Waals surface area contributed by atoms with Crippen molar-refractivity contribution in [3.8, 4) is 11.5 Å². The number of carbonyl (C=O) groups is 1. The van der Waals surface area contributed by atoms with Crippen molar-refractivity contribution in [3.63, 3.8) is 0 Å². The van der Waals surface area contributed by atoms with E-state index in [4.69, 9.17) is 14.2 Å². The second-order valence-electron chi connectivity index (χ2n) is 3.54. The molecule has 0 aliphatic carbocycles. The molecule has 0 heterocycles. The average molecular weight is 346 g/mol. The first-order chi connectivity index (χ1) is 9.62. The SMILES string of the molecule is CCOC(=O)COc1c(/C=N\OC)cc(Br)cc1OC. The van der Waals surface area contributed by atoms with Gasteiger partial charge in [0.05, 0.1) is 19.9 Å². The van der Waals surface area contributed by atoms with Gasteiger partial charge < -0.3 is 19.0 Å². The fourth-order valence-electron chi connectivity index (χ4n) is 1.43. The number of halogens is 1. The van der Waals surface area contributed by atoms with Gasteiger partial charge in [-0.1, -0.05) is 21.1 Å². The number of hydrogen-bond acceptors (Lipinski definition) is 6. The zero-order valence-electron chi connectivity index (χ0n) is 11.5. The predicted octanol–water partition coefficient (Wildman–Crippen LogP) is 2.38. The fourth-order valence-corrected chi connectivity index (χ4v) is 1.89. The number of methoxy groups -OCH3 is 1. The molecule has 1 rings (SSSR count). The molecule has 1 aromatic carbocycles. The van der Waals surface area contributed by atoms with Crippen molar-refractivity contribution >= 4 is 28.1 Å². The van der Waals surface area contributed by atoms with Gasteiger partial charge >= 0.3 is 5.97 Å². The van der Waals surface area contributed by atoms with Gasteiger partial charge in [0.25, 0.3) is 0 Å². The number of esters is 1. The zero-order chi connectivity index (χ0) is 15.0. The highest BCUT2D eigenvalue weighted by Crippen LogP contribution is 2.34. The van der Waals surface area contributed by atoms with E-state index in [9.17, 15) is 4.79 Å². The maximum absolute atomic E-state index is 11.4. The molecule has 0 aromatic heterocycles. The molecule has 0 N–H and O–H groups in total. The average Bonchev–Trinajstić information content (AvgIpc) is 2.43. The Morgan fingerprint density at radius 1 is 1.40 bits per heavy atom. The van der Waals surface area contributed by atoms with E-state index >= 15 is 0 Å². The second kappa shape index (κ2) is 8.42. The molecule has 1 aromatic rings. The van der Waals surface area contributed by atoms with Gasteiger partial charge in [-0.05, 0) is 19.1 Å². The smallest absolute Gasteiger partial charge is 0.344 e. The Balaban J connectivity index is 3.00. The Bertz CT molecular complexity index is 490. The van der Waals surface area contributed by atoms with E-state index in [0.717, 1.165) is 4.47 Å². The maximum Gasteiger partial charge on any atom is 0.344 e. The molecule has 20 heavy (non-hydrogen) atoms. The molecule has 6 nitrogen and oxygen atoms in total. The molecule has 110 valence electrons. The van der Waals surface area contributed by atoms with Crippen molar-refractivity contribution in [1.29, 1.82) is 0 Å². The van der Waals surface area contributed by atoms with Crippen LogP contribution in [0.5, 0.6) is 11.5 Å². The maximum atomic E-state index is 11.4. The third kappa shape index (κ3) is 4.73. The van der Waals surface area contributed by atoms with Gasteiger partial charge in [-0.15, -0.1) is 0 Å². The van der Waals surface area contributed by atoms with Crippen LogP contribution in [0.25, 0.3) is 0 Å². The Morgan fingerprint density at radius 3 is 2.75 bits per heavy atom. The monoisotopic (exact) mass is 345 g/mol. The highest BCUT2D eigenvalue weighted by atomic mass is 79.9. The molecule has 0 fully saturated rings. The summed E-state index contributed by atoms with van der Waals surface area (Å²) in [6.07, 6.45) is 1.47. The summed E-state index contributed by atoms with van der Waals surface area (Å²) in [7, 11) is 2.95. The lowest BCUT2D eigenvalue weighted by Gasteiger charge is -2.13. The molecular weight excluding hydrogens is 330 g/mol. The van der Waals surface area contributed by atoms with E-state index < -0.39 is 5.97 Å². The molecule has 0 spiro atoms. The first-order valence-corrected chi connectivity index (χ1v) is 6.64. The van der Waals surface area contributed by atoms with Gasteiger partial charge in [0.1, 0.15) is 7.11 Å². The quantitative estimate of drug-likeness (QED) is 0.431. The van der Waals surface area contributed by atoms with E-state index in [0.29, 0.717) is 23.7 Å². The Morgan fingerprint density at radius 2 is 2.15 bits per heavy atom. The van der Waals surface area contributed by atoms with E-state index in [1.807, 2.05) is 0 Å². The van der Waals surface area contributed by atoms with E-state index in [1.165, 1.54) is 20.4 Å². The number of benzene rings is 1. The molecule has 0 unspecified atom stereocenters. The Kier molecular flexibility index (Phi) is 6.86. The van der Waals surface area contributed by atoms with Crippen LogP contribution in [0.4, 0.5) is 0 Å². The minimum Gasteiger partial charge on any atom is -0.493 e. The van der Waals surface area contributed by atoms with Crippen molar-refractivity contribution in [1.82, 2.24) is 0 Å². The number of oxime groups is 1. The lowest BCUT2D eigenvalue weighted by atomic mass is 10.2. The van der Waals surface area contributed by atoms with Crippen LogP contribution in [0.1, 0.15) is 12.5 Å². The summed E-state index contributed by atoms with van der Waals surface area (Å²) in [4.78, 5) is 16.0. The van der Waals surface area contributed by atoms with Crippen LogP contribution >= 0.6 is 15.9 Å². The van der Waals surface area contributed by atoms with E-state index in [-0.39, 0.29) is 6.61 Å². The normalized spacial score (nSPS) is 10.4. The summed E-state index contributed by atoms with van der Waals surface area (Å²) >= 11 is 3.36. The third-order valence-electron chi connectivity index (χ3n) is 2.21. The number of rotatable bonds is 7. The highest BCUT2D eigenvalue weighted by molar-refractivity contribution is 9.10. The van der Waals surface area contributed by atoms with Crippen LogP contribution in [0.2, 0.25) is 0 Å². The molecule has 0 atom stereocenters. The topological polar surface area (TPSA) is 66.4 Å². The largest absolute Gasteiger partial charge is 0.493 e. The molecule has 0 saturated heterocycles. The molecule has 0 bridgehead atoms. The minimum atomic E-state index is -0.452. The molecule has 0 aliphatic heterocycles. The summed E-state index contributed by atoms with van der Waals surface area (Å²) < 4.78 is 16.3. The van der Waals surface area contributed by atoms with Crippen LogP contribution in [-0.2, 0) is 14.4 Å². The lowest BCUT2D eigenvalue weighted by Crippen LogP contribution is -2.15. The van der Waals surface area contributed by atoms with Crippen molar-refractivity contribution in [3.05, 3.63) is 22.2 Å². The molecule has 0 aliphatic rings. The van der Waals surface area contributed by atoms with Crippen LogP contribution in [0, 0.1) is 0 Å². The predicted molar refractivity (Wildman–Crippen MR) is 77.4 cm³/mol. The highest BCUT2D eigenvalue weighted by Gasteiger charge is 2.14. The third-order valence-corrected chi connectivity index (χ3v) is 2.66. The second-order valence-corrected chi connectivity index (χ2v) is 4.45. The van der Waals surface area contributed by atoms with Crippen molar-refractivity contribution < 1.29 is 23.8 Å². The first-order valence-electron chi connectivity index (χ1n) is 5.84. The van der Waals surface area contributed by atoms with Crippen molar-refractivity contribution in [2.24, 2.45) is 5.16 Å². The molecule has 0 radical (unpaired) electrons. The van der Waals surface area contributed by atoms with Crippen LogP contribution in [0.3, 0.4) is 0 Å². The van der Waals surface area contributed by atoms with Gasteiger partial charge in [-0.25, -0.2) is 4.79 Å². The van der Waals surface area contributed by atoms with Gasteiger partial charge in [0.2, 0.25) is 0 Å². The van der Waals surface area contributed by atoms with Gasteiger partial charge in [0.15, 0.2) is 18.1 Å². The number of nitrogens with zero attached hydrogens (tertiary/aromatic N) is 1. The van der Waals surface area contributed by atoms with Crippen molar-refractivity contribution in [2.75, 3.05) is 27.4 Å². The summed E-state index contributed by atoms with van der Waals surface area (Å²) in [5.74, 6) is 0.415. The molecule has 7 heteroatoms. The molecular formula is C13H16BrNO5. The van der Waals surface area contributed by atoms with E-state index in [2.05, 4.69) is 25.9 Å². The number of hydrogen-bond donors (Lipinski definition) is 0. The Labute approximate surface area is 125 Å². The fraction of sp³-hybridized carbons (Fsp3) is 0.385. The number of ether oxygens (including phenoxy) is 3. The lowest BCUT2D eigenvalue weighted by molar-refractivity contribution is -0.145. The van der Waals surface area contributed by atoms with Crippen LogP contribution in [-0.4, -0.2) is 39.6 Å². The van der Waals surface area contributed by atoms with Gasteiger partial charge in [-0.2, -0.15) is 0 Å². The standard InChI is InChI=1S/C13H16BrNO5/c1-4-19-12(16)8-20-13-9(7-15-18-3)5-10(14)6-11(13)17-2/h5-7H,4,8H2,1-3H3/b15-7-. The summed E-state index contributed by atoms with van der Waals surface area (Å²) in [5, 5.41) is 3.69. The van der Waals surface area contributed by atoms with Crippen molar-refractivity contribution in [2.45, 2.75) is 6.92 Å². The first kappa shape index (κ1) is 16.3. The zero-order valence-corrected chi connectivity index (χ0v) is 13.1. The van der Waals surface area contributed by atoms with Crippen LogP contribution in [0.15, 0.2) is 21.8 Å². The van der Waals surface area contributed by atoms with Gasteiger partial charge in [-0.3, -0.25) is 0 Å². The molecule has 0 amide bonds. The van der Waals surface area contributed by atoms with Gasteiger partial charge in [0, 0.05) is 10.0 Å². The summed E-state index contributed by atoms with van der Waals surface area (Å²) in [5.41, 5.74) is 0.613. The Hall–Kier alpha value is -1.76. The van der Waals surface area contributed by atoms with Crippen LogP contribution < -0.4 is 9.47 Å². The summed E-state index contributed by atoms with van der Waals surface area (Å²) in [6.45, 7) is 1.83. The minimum absolute atomic E-state index is 0.209. The van der Waals surface area contributed by atoms with E-state index in [1.54, 1.807) is 19.1 Å².